The van der Waals surface area contributed by atoms with Gasteiger partial charge in [-0.15, -0.1) is 11.3 Å². The van der Waals surface area contributed by atoms with Crippen molar-refractivity contribution >= 4 is 33.9 Å². The van der Waals surface area contributed by atoms with Crippen LogP contribution in [0.1, 0.15) is 5.56 Å². The Morgan fingerprint density at radius 2 is 1.87 bits per heavy atom. The molecular weight excluding hydrogens is 247 g/mol. The van der Waals surface area contributed by atoms with Crippen LogP contribution in [-0.2, 0) is 0 Å². The minimum Gasteiger partial charge on any atom is -0.445 e. The SMILES string of the molecule is Cc1csc2c([B-](F)(F)F)cccc12.[K+]. The summed E-state index contributed by atoms with van der Waals surface area (Å²) < 4.78 is 38.1. The van der Waals surface area contributed by atoms with E-state index in [1.165, 1.54) is 6.07 Å². The molecular formula is C9H7BF3KS. The van der Waals surface area contributed by atoms with Crippen molar-refractivity contribution < 1.29 is 64.3 Å². The van der Waals surface area contributed by atoms with E-state index in [2.05, 4.69) is 0 Å². The second-order valence-corrected chi connectivity index (χ2v) is 4.10. The maximum absolute atomic E-state index is 12.6. The molecule has 0 aliphatic rings. The molecule has 0 unspecified atom stereocenters. The van der Waals surface area contributed by atoms with Gasteiger partial charge in [-0.1, -0.05) is 23.7 Å². The van der Waals surface area contributed by atoms with Crippen LogP contribution in [0.3, 0.4) is 0 Å². The molecule has 0 atom stereocenters. The van der Waals surface area contributed by atoms with Crippen LogP contribution in [0.25, 0.3) is 10.1 Å². The minimum absolute atomic E-state index is 0. The first kappa shape index (κ1) is 13.7. The van der Waals surface area contributed by atoms with Gasteiger partial charge < -0.3 is 12.9 Å². The molecule has 0 spiro atoms. The third-order valence-corrected chi connectivity index (χ3v) is 3.34. The van der Waals surface area contributed by atoms with E-state index in [-0.39, 0.29) is 51.4 Å². The second kappa shape index (κ2) is 4.89. The minimum atomic E-state index is -4.89. The van der Waals surface area contributed by atoms with Crippen LogP contribution < -0.4 is 56.8 Å². The Kier molecular flexibility index (Phi) is 4.48. The Morgan fingerprint density at radius 3 is 2.47 bits per heavy atom. The third-order valence-electron chi connectivity index (χ3n) is 2.18. The molecule has 6 heteroatoms. The fraction of sp³-hybridized carbons (Fsp3) is 0.111. The van der Waals surface area contributed by atoms with Gasteiger partial charge in [0.1, 0.15) is 0 Å². The van der Waals surface area contributed by atoms with E-state index in [0.29, 0.717) is 10.1 Å². The van der Waals surface area contributed by atoms with Gasteiger partial charge in [-0.2, -0.15) is 0 Å². The maximum atomic E-state index is 12.6. The first-order chi connectivity index (χ1) is 6.50. The van der Waals surface area contributed by atoms with Crippen molar-refractivity contribution in [2.45, 2.75) is 6.92 Å². The average Bonchev–Trinajstić information content (AvgIpc) is 2.46. The summed E-state index contributed by atoms with van der Waals surface area (Å²) in [5.41, 5.74) is 0.437. The quantitative estimate of drug-likeness (QED) is 0.641. The molecule has 1 heterocycles. The maximum Gasteiger partial charge on any atom is 1.00 e. The van der Waals surface area contributed by atoms with Gasteiger partial charge in [-0.05, 0) is 23.3 Å². The van der Waals surface area contributed by atoms with Crippen LogP contribution >= 0.6 is 11.3 Å². The molecule has 0 N–H and O–H groups in total. The van der Waals surface area contributed by atoms with E-state index in [1.807, 2.05) is 6.92 Å². The van der Waals surface area contributed by atoms with E-state index >= 15 is 0 Å². The number of hydrogen-bond donors (Lipinski definition) is 0. The van der Waals surface area contributed by atoms with Gasteiger partial charge in [0.2, 0.25) is 0 Å². The smallest absolute Gasteiger partial charge is 0.445 e. The van der Waals surface area contributed by atoms with Crippen molar-refractivity contribution in [2.75, 3.05) is 0 Å². The second-order valence-electron chi connectivity index (χ2n) is 3.22. The van der Waals surface area contributed by atoms with Crippen LogP contribution in [0.5, 0.6) is 0 Å². The van der Waals surface area contributed by atoms with Crippen molar-refractivity contribution in [1.29, 1.82) is 0 Å². The van der Waals surface area contributed by atoms with Gasteiger partial charge in [0.25, 0.3) is 0 Å². The van der Waals surface area contributed by atoms with E-state index in [4.69, 9.17) is 0 Å². The monoisotopic (exact) mass is 254 g/mol. The Hall–Kier alpha value is 0.671. The Morgan fingerprint density at radius 1 is 1.20 bits per heavy atom. The summed E-state index contributed by atoms with van der Waals surface area (Å²) in [5.74, 6) is 0. The summed E-state index contributed by atoms with van der Waals surface area (Å²) in [4.78, 5) is 0. The molecule has 0 amide bonds. The number of hydrogen-bond acceptors (Lipinski definition) is 1. The zero-order chi connectivity index (χ0) is 10.3. The summed E-state index contributed by atoms with van der Waals surface area (Å²) in [5, 5.41) is 2.47. The van der Waals surface area contributed by atoms with Gasteiger partial charge in [-0.25, -0.2) is 0 Å². The predicted molar refractivity (Wildman–Crippen MR) is 55.3 cm³/mol. The van der Waals surface area contributed by atoms with Crippen LogP contribution in [0.4, 0.5) is 12.9 Å². The number of rotatable bonds is 1. The van der Waals surface area contributed by atoms with Crippen molar-refractivity contribution in [1.82, 2.24) is 0 Å². The topological polar surface area (TPSA) is 0 Å². The molecule has 0 bridgehead atoms. The number of halogens is 3. The van der Waals surface area contributed by atoms with E-state index in [1.54, 1.807) is 11.4 Å². The van der Waals surface area contributed by atoms with Gasteiger partial charge in [0, 0.05) is 4.70 Å². The Balaban J connectivity index is 0.00000112. The largest absolute Gasteiger partial charge is 1.00 e. The molecule has 15 heavy (non-hydrogen) atoms. The first-order valence-corrected chi connectivity index (χ1v) is 5.05. The summed E-state index contributed by atoms with van der Waals surface area (Å²) >= 11 is 1.16. The van der Waals surface area contributed by atoms with Gasteiger partial charge >= 0.3 is 58.4 Å². The van der Waals surface area contributed by atoms with Gasteiger partial charge in [0.15, 0.2) is 0 Å². The van der Waals surface area contributed by atoms with Crippen LogP contribution in [0, 0.1) is 6.92 Å². The molecule has 2 aromatic rings. The summed E-state index contributed by atoms with van der Waals surface area (Å²) in [6.45, 7) is -3.07. The zero-order valence-corrected chi connectivity index (χ0v) is 12.4. The molecule has 0 nitrogen and oxygen atoms in total. The first-order valence-electron chi connectivity index (χ1n) is 4.17. The number of benzene rings is 1. The van der Waals surface area contributed by atoms with Crippen LogP contribution in [-0.4, -0.2) is 6.98 Å². The normalized spacial score (nSPS) is 11.5. The molecule has 0 saturated carbocycles. The molecule has 0 aliphatic heterocycles. The van der Waals surface area contributed by atoms with Crippen molar-refractivity contribution in [3.05, 3.63) is 29.1 Å². The standard InChI is InChI=1S/C9H7BF3S.K/c1-6-5-14-9-7(6)3-2-4-8(9)10(11,12)13;/h2-5H,1H3;/q-1;+1. The van der Waals surface area contributed by atoms with Crippen molar-refractivity contribution in [3.63, 3.8) is 0 Å². The fourth-order valence-corrected chi connectivity index (χ4v) is 2.58. The average molecular weight is 254 g/mol. The number of aryl methyl sites for hydroxylation is 1. The van der Waals surface area contributed by atoms with E-state index < -0.39 is 12.4 Å². The van der Waals surface area contributed by atoms with Crippen LogP contribution in [0.15, 0.2) is 23.6 Å². The molecule has 0 saturated heterocycles. The van der Waals surface area contributed by atoms with E-state index in [9.17, 15) is 12.9 Å². The van der Waals surface area contributed by atoms with Crippen molar-refractivity contribution in [2.24, 2.45) is 0 Å². The van der Waals surface area contributed by atoms with Gasteiger partial charge in [-0.3, -0.25) is 0 Å². The van der Waals surface area contributed by atoms with Gasteiger partial charge in [0.05, 0.1) is 0 Å². The molecule has 1 aromatic carbocycles. The molecule has 74 valence electrons. The summed E-state index contributed by atoms with van der Waals surface area (Å²) in [7, 11) is 0. The molecule has 0 aliphatic carbocycles. The fourth-order valence-electron chi connectivity index (χ4n) is 1.47. The Bertz CT molecular complexity index is 478. The Labute approximate surface area is 132 Å². The zero-order valence-electron chi connectivity index (χ0n) is 8.43. The molecule has 2 rings (SSSR count). The number of fused-ring (bicyclic) bond motifs is 1. The predicted octanol–water partition coefficient (Wildman–Crippen LogP) is 0.268. The van der Waals surface area contributed by atoms with Crippen LogP contribution in [0.2, 0.25) is 0 Å². The summed E-state index contributed by atoms with van der Waals surface area (Å²) in [6, 6.07) is 4.34. The summed E-state index contributed by atoms with van der Waals surface area (Å²) in [6.07, 6.45) is 0. The van der Waals surface area contributed by atoms with E-state index in [0.717, 1.165) is 23.0 Å². The number of thiophene rings is 1. The third kappa shape index (κ3) is 2.68. The molecule has 0 fully saturated rings. The van der Waals surface area contributed by atoms with Crippen molar-refractivity contribution in [3.8, 4) is 0 Å². The molecule has 0 radical (unpaired) electrons. The molecule has 1 aromatic heterocycles.